The zero-order valence-corrected chi connectivity index (χ0v) is 12.5. The summed E-state index contributed by atoms with van der Waals surface area (Å²) in [5.41, 5.74) is 6.97. The van der Waals surface area contributed by atoms with Crippen molar-refractivity contribution < 1.29 is 18.3 Å². The summed E-state index contributed by atoms with van der Waals surface area (Å²) in [6.07, 6.45) is 0. The lowest BCUT2D eigenvalue weighted by molar-refractivity contribution is 0.171. The highest BCUT2D eigenvalue weighted by molar-refractivity contribution is 9.10. The van der Waals surface area contributed by atoms with Crippen LogP contribution in [0.2, 0.25) is 0 Å². The van der Waals surface area contributed by atoms with Gasteiger partial charge in [0.15, 0.2) is 11.5 Å². The Morgan fingerprint density at radius 1 is 1.00 bits per heavy atom. The molecule has 0 radical (unpaired) electrons. The standard InChI is InChI=1S/C15H12BrF2NO2/c16-11-7-14-13(20-3-4-21-14)6-10(11)15(19)9-2-1-8(17)5-12(9)18/h1-2,5-7,15H,3-4,19H2. The van der Waals surface area contributed by atoms with Gasteiger partial charge in [0, 0.05) is 16.1 Å². The second-order valence-electron chi connectivity index (χ2n) is 4.66. The van der Waals surface area contributed by atoms with Gasteiger partial charge in [0.2, 0.25) is 0 Å². The molecule has 2 aromatic rings. The predicted octanol–water partition coefficient (Wildman–Crippen LogP) is 3.55. The summed E-state index contributed by atoms with van der Waals surface area (Å²) in [5.74, 6) is -0.130. The highest BCUT2D eigenvalue weighted by Crippen LogP contribution is 2.39. The quantitative estimate of drug-likeness (QED) is 0.895. The van der Waals surface area contributed by atoms with Gasteiger partial charge in [0.25, 0.3) is 0 Å². The van der Waals surface area contributed by atoms with Crippen molar-refractivity contribution in [1.29, 1.82) is 0 Å². The van der Waals surface area contributed by atoms with Crippen LogP contribution in [-0.4, -0.2) is 13.2 Å². The third-order valence-corrected chi connectivity index (χ3v) is 3.98. The third-order valence-electron chi connectivity index (χ3n) is 3.29. The fraction of sp³-hybridized carbons (Fsp3) is 0.200. The minimum atomic E-state index is -0.740. The van der Waals surface area contributed by atoms with Crippen LogP contribution >= 0.6 is 15.9 Å². The topological polar surface area (TPSA) is 44.5 Å². The lowest BCUT2D eigenvalue weighted by atomic mass is 9.98. The van der Waals surface area contributed by atoms with Crippen LogP contribution in [0.1, 0.15) is 17.2 Å². The van der Waals surface area contributed by atoms with E-state index in [9.17, 15) is 8.78 Å². The Balaban J connectivity index is 2.03. The number of rotatable bonds is 2. The first-order chi connectivity index (χ1) is 10.1. The number of nitrogens with two attached hydrogens (primary N) is 1. The van der Waals surface area contributed by atoms with Crippen molar-refractivity contribution in [3.05, 3.63) is 57.6 Å². The Morgan fingerprint density at radius 3 is 2.33 bits per heavy atom. The predicted molar refractivity (Wildman–Crippen MR) is 77.5 cm³/mol. The van der Waals surface area contributed by atoms with Gasteiger partial charge in [-0.3, -0.25) is 0 Å². The smallest absolute Gasteiger partial charge is 0.162 e. The van der Waals surface area contributed by atoms with Gasteiger partial charge >= 0.3 is 0 Å². The van der Waals surface area contributed by atoms with Gasteiger partial charge in [-0.15, -0.1) is 0 Å². The first kappa shape index (κ1) is 14.3. The molecule has 1 atom stereocenters. The van der Waals surface area contributed by atoms with Crippen LogP contribution in [0.25, 0.3) is 0 Å². The molecule has 0 saturated carbocycles. The average molecular weight is 356 g/mol. The number of hydrogen-bond acceptors (Lipinski definition) is 3. The van der Waals surface area contributed by atoms with Crippen LogP contribution in [-0.2, 0) is 0 Å². The summed E-state index contributed by atoms with van der Waals surface area (Å²) >= 11 is 3.40. The molecule has 110 valence electrons. The molecular weight excluding hydrogens is 344 g/mol. The van der Waals surface area contributed by atoms with Crippen LogP contribution in [0, 0.1) is 11.6 Å². The molecular formula is C15H12BrF2NO2. The normalized spacial score (nSPS) is 14.9. The first-order valence-corrected chi connectivity index (χ1v) is 7.15. The van der Waals surface area contributed by atoms with Crippen LogP contribution in [0.5, 0.6) is 11.5 Å². The number of halogens is 3. The van der Waals surface area contributed by atoms with Crippen LogP contribution in [0.3, 0.4) is 0 Å². The molecule has 3 rings (SSSR count). The highest BCUT2D eigenvalue weighted by atomic mass is 79.9. The Labute approximate surface area is 128 Å². The van der Waals surface area contributed by atoms with Crippen molar-refractivity contribution in [1.82, 2.24) is 0 Å². The molecule has 3 nitrogen and oxygen atoms in total. The SMILES string of the molecule is NC(c1ccc(F)cc1F)c1cc2c(cc1Br)OCCO2. The Morgan fingerprint density at radius 2 is 1.67 bits per heavy atom. The van der Waals surface area contributed by atoms with Gasteiger partial charge in [-0.1, -0.05) is 22.0 Å². The van der Waals surface area contributed by atoms with E-state index in [1.54, 1.807) is 12.1 Å². The molecule has 6 heteroatoms. The van der Waals surface area contributed by atoms with Crippen LogP contribution < -0.4 is 15.2 Å². The van der Waals surface area contributed by atoms with E-state index in [0.29, 0.717) is 34.7 Å². The molecule has 0 aliphatic carbocycles. The lowest BCUT2D eigenvalue weighted by Crippen LogP contribution is -2.18. The fourth-order valence-electron chi connectivity index (χ4n) is 2.24. The molecule has 1 unspecified atom stereocenters. The van der Waals surface area contributed by atoms with Crippen molar-refractivity contribution in [2.75, 3.05) is 13.2 Å². The maximum Gasteiger partial charge on any atom is 0.162 e. The van der Waals surface area contributed by atoms with E-state index >= 15 is 0 Å². The van der Waals surface area contributed by atoms with E-state index in [1.807, 2.05) is 0 Å². The van der Waals surface area contributed by atoms with Gasteiger partial charge in [-0.25, -0.2) is 8.78 Å². The van der Waals surface area contributed by atoms with Crippen molar-refractivity contribution in [3.8, 4) is 11.5 Å². The summed E-state index contributed by atoms with van der Waals surface area (Å²) in [7, 11) is 0. The molecule has 0 saturated heterocycles. The van der Waals surface area contributed by atoms with Gasteiger partial charge in [-0.05, 0) is 23.8 Å². The maximum atomic E-state index is 13.9. The van der Waals surface area contributed by atoms with E-state index in [1.165, 1.54) is 12.1 Å². The van der Waals surface area contributed by atoms with Gasteiger partial charge in [0.1, 0.15) is 24.8 Å². The highest BCUT2D eigenvalue weighted by Gasteiger charge is 2.21. The summed E-state index contributed by atoms with van der Waals surface area (Å²) in [5, 5.41) is 0. The number of ether oxygens (including phenoxy) is 2. The van der Waals surface area contributed by atoms with Crippen molar-refractivity contribution in [2.24, 2.45) is 5.73 Å². The molecule has 1 heterocycles. The molecule has 0 aromatic heterocycles. The molecule has 0 fully saturated rings. The van der Waals surface area contributed by atoms with Crippen molar-refractivity contribution in [2.45, 2.75) is 6.04 Å². The zero-order valence-electron chi connectivity index (χ0n) is 10.9. The van der Waals surface area contributed by atoms with E-state index in [0.717, 1.165) is 6.07 Å². The van der Waals surface area contributed by atoms with E-state index in [2.05, 4.69) is 15.9 Å². The van der Waals surface area contributed by atoms with Gasteiger partial charge in [-0.2, -0.15) is 0 Å². The Hall–Kier alpha value is -1.66. The van der Waals surface area contributed by atoms with E-state index in [4.69, 9.17) is 15.2 Å². The second-order valence-corrected chi connectivity index (χ2v) is 5.52. The van der Waals surface area contributed by atoms with Gasteiger partial charge < -0.3 is 15.2 Å². The van der Waals surface area contributed by atoms with Crippen LogP contribution in [0.15, 0.2) is 34.8 Å². The second kappa shape index (κ2) is 5.61. The van der Waals surface area contributed by atoms with E-state index < -0.39 is 17.7 Å². The Bertz CT molecular complexity index is 694. The minimum Gasteiger partial charge on any atom is -0.486 e. The number of fused-ring (bicyclic) bond motifs is 1. The average Bonchev–Trinajstić information content (AvgIpc) is 2.46. The van der Waals surface area contributed by atoms with Crippen molar-refractivity contribution >= 4 is 15.9 Å². The molecule has 2 N–H and O–H groups in total. The lowest BCUT2D eigenvalue weighted by Gasteiger charge is -2.22. The fourth-order valence-corrected chi connectivity index (χ4v) is 2.81. The molecule has 0 spiro atoms. The molecule has 2 aromatic carbocycles. The molecule has 1 aliphatic rings. The zero-order chi connectivity index (χ0) is 15.0. The molecule has 1 aliphatic heterocycles. The third kappa shape index (κ3) is 2.73. The van der Waals surface area contributed by atoms with Crippen LogP contribution in [0.4, 0.5) is 8.78 Å². The summed E-state index contributed by atoms with van der Waals surface area (Å²) in [6.45, 7) is 0.936. The number of hydrogen-bond donors (Lipinski definition) is 1. The largest absolute Gasteiger partial charge is 0.486 e. The monoisotopic (exact) mass is 355 g/mol. The maximum absolute atomic E-state index is 13.9. The summed E-state index contributed by atoms with van der Waals surface area (Å²) in [4.78, 5) is 0. The minimum absolute atomic E-state index is 0.216. The summed E-state index contributed by atoms with van der Waals surface area (Å²) < 4.78 is 38.5. The van der Waals surface area contributed by atoms with Crippen molar-refractivity contribution in [3.63, 3.8) is 0 Å². The first-order valence-electron chi connectivity index (χ1n) is 6.36. The molecule has 0 amide bonds. The van der Waals surface area contributed by atoms with Gasteiger partial charge in [0.05, 0.1) is 6.04 Å². The Kier molecular flexibility index (Phi) is 3.82. The number of benzene rings is 2. The summed E-state index contributed by atoms with van der Waals surface area (Å²) in [6, 6.07) is 6.07. The molecule has 21 heavy (non-hydrogen) atoms. The van der Waals surface area contributed by atoms with E-state index in [-0.39, 0.29) is 5.56 Å². The molecule has 0 bridgehead atoms.